The van der Waals surface area contributed by atoms with Crippen molar-refractivity contribution in [1.82, 2.24) is 4.90 Å². The second-order valence-corrected chi connectivity index (χ2v) is 7.11. The summed E-state index contributed by atoms with van der Waals surface area (Å²) in [5.74, 6) is 2.48. The van der Waals surface area contributed by atoms with Crippen molar-refractivity contribution in [3.8, 4) is 17.2 Å². The van der Waals surface area contributed by atoms with Gasteiger partial charge >= 0.3 is 0 Å². The lowest BCUT2D eigenvalue weighted by Gasteiger charge is -2.38. The molecule has 1 unspecified atom stereocenters. The second kappa shape index (κ2) is 9.80. The number of hydrogen-bond acceptors (Lipinski definition) is 5. The van der Waals surface area contributed by atoms with E-state index in [0.29, 0.717) is 6.04 Å². The highest BCUT2D eigenvalue weighted by Crippen LogP contribution is 2.39. The zero-order valence-corrected chi connectivity index (χ0v) is 17.4. The number of fused-ring (bicyclic) bond motifs is 1. The van der Waals surface area contributed by atoms with Crippen LogP contribution in [0.25, 0.3) is 0 Å². The molecule has 152 valence electrons. The number of nitrogens with zero attached hydrogens (tertiary/aromatic N) is 1. The Balaban J connectivity index is 1.92. The molecule has 0 aliphatic carbocycles. The Morgan fingerprint density at radius 3 is 2.29 bits per heavy atom. The van der Waals surface area contributed by atoms with Crippen LogP contribution in [0.15, 0.2) is 36.4 Å². The molecule has 0 fully saturated rings. The first-order valence-corrected chi connectivity index (χ1v) is 9.80. The first-order valence-electron chi connectivity index (χ1n) is 9.80. The number of rotatable bonds is 9. The Morgan fingerprint density at radius 1 is 0.929 bits per heavy atom. The molecule has 1 atom stereocenters. The Kier molecular flexibility index (Phi) is 7.18. The third-order valence-electron chi connectivity index (χ3n) is 5.50. The summed E-state index contributed by atoms with van der Waals surface area (Å²) in [6, 6.07) is 13.0. The molecule has 0 amide bonds. The molecule has 0 aromatic heterocycles. The summed E-state index contributed by atoms with van der Waals surface area (Å²) >= 11 is 0. The maximum absolute atomic E-state index is 5.58. The molecule has 0 saturated heterocycles. The van der Waals surface area contributed by atoms with E-state index in [0.717, 1.165) is 56.2 Å². The average Bonchev–Trinajstić information content (AvgIpc) is 2.74. The van der Waals surface area contributed by atoms with Crippen LogP contribution >= 0.6 is 0 Å². The van der Waals surface area contributed by atoms with E-state index >= 15 is 0 Å². The van der Waals surface area contributed by atoms with Gasteiger partial charge in [-0.1, -0.05) is 12.1 Å². The minimum absolute atomic E-state index is 0.300. The molecule has 5 nitrogen and oxygen atoms in total. The SMILES string of the molecule is COCCCN1CCc2cc(OC)c(OC)cc2C1Cc1ccc(OC)cc1. The van der Waals surface area contributed by atoms with E-state index in [1.54, 1.807) is 28.4 Å². The highest BCUT2D eigenvalue weighted by Gasteiger charge is 2.29. The van der Waals surface area contributed by atoms with E-state index < -0.39 is 0 Å². The van der Waals surface area contributed by atoms with Gasteiger partial charge < -0.3 is 18.9 Å². The van der Waals surface area contributed by atoms with Crippen LogP contribution in [-0.2, 0) is 17.6 Å². The lowest BCUT2D eigenvalue weighted by atomic mass is 9.88. The van der Waals surface area contributed by atoms with Crippen molar-refractivity contribution in [2.75, 3.05) is 48.1 Å². The Labute approximate surface area is 168 Å². The van der Waals surface area contributed by atoms with Crippen molar-refractivity contribution < 1.29 is 18.9 Å². The van der Waals surface area contributed by atoms with Crippen LogP contribution in [0.4, 0.5) is 0 Å². The fraction of sp³-hybridized carbons (Fsp3) is 0.478. The molecule has 0 radical (unpaired) electrons. The van der Waals surface area contributed by atoms with Crippen molar-refractivity contribution in [1.29, 1.82) is 0 Å². The van der Waals surface area contributed by atoms with Gasteiger partial charge in [0.15, 0.2) is 11.5 Å². The predicted molar refractivity (Wildman–Crippen MR) is 111 cm³/mol. The Hall–Kier alpha value is -2.24. The fourth-order valence-corrected chi connectivity index (χ4v) is 3.98. The topological polar surface area (TPSA) is 40.2 Å². The summed E-state index contributed by atoms with van der Waals surface area (Å²) in [4.78, 5) is 2.57. The van der Waals surface area contributed by atoms with Crippen LogP contribution in [0.5, 0.6) is 17.2 Å². The van der Waals surface area contributed by atoms with Crippen LogP contribution in [0, 0.1) is 0 Å². The lowest BCUT2D eigenvalue weighted by molar-refractivity contribution is 0.142. The molecule has 3 rings (SSSR count). The zero-order chi connectivity index (χ0) is 19.9. The maximum atomic E-state index is 5.58. The summed E-state index contributed by atoms with van der Waals surface area (Å²) in [6.07, 6.45) is 2.99. The molecule has 0 bridgehead atoms. The smallest absolute Gasteiger partial charge is 0.161 e. The van der Waals surface area contributed by atoms with Crippen molar-refractivity contribution in [2.45, 2.75) is 25.3 Å². The number of benzene rings is 2. The Morgan fingerprint density at radius 2 is 1.64 bits per heavy atom. The van der Waals surface area contributed by atoms with Crippen molar-refractivity contribution in [3.63, 3.8) is 0 Å². The van der Waals surface area contributed by atoms with Gasteiger partial charge in [-0.05, 0) is 60.2 Å². The number of hydrogen-bond donors (Lipinski definition) is 0. The molecule has 1 aliphatic heterocycles. The van der Waals surface area contributed by atoms with Gasteiger partial charge in [-0.25, -0.2) is 0 Å². The first-order chi connectivity index (χ1) is 13.7. The minimum Gasteiger partial charge on any atom is -0.497 e. The minimum atomic E-state index is 0.300. The second-order valence-electron chi connectivity index (χ2n) is 7.11. The molecule has 0 saturated carbocycles. The number of methoxy groups -OCH3 is 4. The summed E-state index contributed by atoms with van der Waals surface area (Å²) in [6.45, 7) is 2.83. The standard InChI is InChI=1S/C23H31NO4/c1-25-13-5-11-24-12-10-18-15-22(27-3)23(28-4)16-20(18)21(24)14-17-6-8-19(26-2)9-7-17/h6-9,15-16,21H,5,10-14H2,1-4H3. The highest BCUT2D eigenvalue weighted by molar-refractivity contribution is 5.50. The zero-order valence-electron chi connectivity index (χ0n) is 17.4. The van der Waals surface area contributed by atoms with Crippen molar-refractivity contribution in [3.05, 3.63) is 53.1 Å². The van der Waals surface area contributed by atoms with Crippen LogP contribution in [-0.4, -0.2) is 53.0 Å². The number of ether oxygens (including phenoxy) is 4. The largest absolute Gasteiger partial charge is 0.497 e. The van der Waals surface area contributed by atoms with Gasteiger partial charge in [-0.15, -0.1) is 0 Å². The molecule has 2 aromatic carbocycles. The monoisotopic (exact) mass is 385 g/mol. The van der Waals surface area contributed by atoms with Crippen LogP contribution in [0.2, 0.25) is 0 Å². The van der Waals surface area contributed by atoms with Crippen molar-refractivity contribution >= 4 is 0 Å². The normalized spacial score (nSPS) is 16.5. The van der Waals surface area contributed by atoms with E-state index in [1.807, 2.05) is 12.1 Å². The van der Waals surface area contributed by atoms with E-state index in [9.17, 15) is 0 Å². The van der Waals surface area contributed by atoms with Crippen LogP contribution in [0.1, 0.15) is 29.2 Å². The van der Waals surface area contributed by atoms with Crippen LogP contribution in [0.3, 0.4) is 0 Å². The molecule has 1 heterocycles. The van der Waals surface area contributed by atoms with E-state index in [2.05, 4.69) is 29.2 Å². The third-order valence-corrected chi connectivity index (χ3v) is 5.50. The van der Waals surface area contributed by atoms with E-state index in [1.165, 1.54) is 16.7 Å². The van der Waals surface area contributed by atoms with E-state index in [-0.39, 0.29) is 0 Å². The summed E-state index contributed by atoms with van der Waals surface area (Å²) < 4.78 is 21.7. The first kappa shape index (κ1) is 20.5. The third kappa shape index (κ3) is 4.59. The molecule has 0 spiro atoms. The molecule has 5 heteroatoms. The maximum Gasteiger partial charge on any atom is 0.161 e. The predicted octanol–water partition coefficient (Wildman–Crippen LogP) is 3.89. The summed E-state index contributed by atoms with van der Waals surface area (Å²) in [5.41, 5.74) is 3.97. The molecule has 1 aliphatic rings. The van der Waals surface area contributed by atoms with Gasteiger partial charge in [-0.2, -0.15) is 0 Å². The summed E-state index contributed by atoms with van der Waals surface area (Å²) in [5, 5.41) is 0. The summed E-state index contributed by atoms with van der Waals surface area (Å²) in [7, 11) is 6.85. The molecule has 2 aromatic rings. The quantitative estimate of drug-likeness (QED) is 0.613. The fourth-order valence-electron chi connectivity index (χ4n) is 3.98. The molecule has 28 heavy (non-hydrogen) atoms. The highest BCUT2D eigenvalue weighted by atomic mass is 16.5. The Bertz CT molecular complexity index is 760. The lowest BCUT2D eigenvalue weighted by Crippen LogP contribution is -2.37. The van der Waals surface area contributed by atoms with Gasteiger partial charge in [-0.3, -0.25) is 4.90 Å². The van der Waals surface area contributed by atoms with Gasteiger partial charge in [0, 0.05) is 32.8 Å². The molecular weight excluding hydrogens is 354 g/mol. The van der Waals surface area contributed by atoms with Gasteiger partial charge in [0.1, 0.15) is 5.75 Å². The molecular formula is C23H31NO4. The van der Waals surface area contributed by atoms with Gasteiger partial charge in [0.2, 0.25) is 0 Å². The van der Waals surface area contributed by atoms with Gasteiger partial charge in [0.05, 0.1) is 21.3 Å². The van der Waals surface area contributed by atoms with Crippen LogP contribution < -0.4 is 14.2 Å². The van der Waals surface area contributed by atoms with Gasteiger partial charge in [0.25, 0.3) is 0 Å². The van der Waals surface area contributed by atoms with Crippen molar-refractivity contribution in [2.24, 2.45) is 0 Å². The average molecular weight is 386 g/mol. The molecule has 0 N–H and O–H groups in total. The van der Waals surface area contributed by atoms with E-state index in [4.69, 9.17) is 18.9 Å².